The maximum absolute atomic E-state index is 13.4. The Kier molecular flexibility index (Phi) is 6.77. The topological polar surface area (TPSA) is 89.2 Å². The van der Waals surface area contributed by atoms with E-state index in [1.165, 1.54) is 25.3 Å². The second kappa shape index (κ2) is 9.59. The van der Waals surface area contributed by atoms with Crippen molar-refractivity contribution in [1.29, 1.82) is 0 Å². The summed E-state index contributed by atoms with van der Waals surface area (Å²) in [7, 11) is 1.40. The van der Waals surface area contributed by atoms with E-state index < -0.39 is 35.6 Å². The Hall–Kier alpha value is -4.21. The largest absolute Gasteiger partial charge is 0.573 e. The lowest BCUT2D eigenvalue weighted by molar-refractivity contribution is -0.274. The Bertz CT molecular complexity index is 1430. The molecular weight excluding hydrogens is 503 g/mol. The fraction of sp³-hybridized carbons (Fsp3) is 0.286. The van der Waals surface area contributed by atoms with Crippen LogP contribution in [-0.4, -0.2) is 30.3 Å². The van der Waals surface area contributed by atoms with Crippen molar-refractivity contribution in [3.63, 3.8) is 0 Å². The fourth-order valence-corrected chi connectivity index (χ4v) is 4.30. The number of carbonyl (C=O) groups is 2. The van der Waals surface area contributed by atoms with Gasteiger partial charge in [-0.3, -0.25) is 14.5 Å². The zero-order chi connectivity index (χ0) is 28.0. The third-order valence-electron chi connectivity index (χ3n) is 6.13. The molecule has 200 valence electrons. The van der Waals surface area contributed by atoms with Gasteiger partial charge < -0.3 is 19.0 Å². The second-order valence-corrected chi connectivity index (χ2v) is 9.83. The molecular formula is C28H26F3NO6. The van der Waals surface area contributed by atoms with Gasteiger partial charge in [0.05, 0.1) is 18.2 Å². The van der Waals surface area contributed by atoms with E-state index in [2.05, 4.69) is 4.74 Å². The van der Waals surface area contributed by atoms with E-state index >= 15 is 0 Å². The number of hydrogen-bond acceptors (Lipinski definition) is 6. The molecule has 1 fully saturated rings. The first-order valence-electron chi connectivity index (χ1n) is 11.6. The molecule has 2 aromatic carbocycles. The number of anilines is 1. The molecule has 1 atom stereocenters. The van der Waals surface area contributed by atoms with Gasteiger partial charge in [0.1, 0.15) is 34.8 Å². The summed E-state index contributed by atoms with van der Waals surface area (Å²) in [5, 5.41) is 11.5. The number of carbonyl (C=O) groups excluding carboxylic acids is 2. The van der Waals surface area contributed by atoms with E-state index in [0.717, 1.165) is 22.6 Å². The van der Waals surface area contributed by atoms with Gasteiger partial charge in [0.25, 0.3) is 11.7 Å². The molecule has 1 amide bonds. The molecule has 38 heavy (non-hydrogen) atoms. The van der Waals surface area contributed by atoms with Gasteiger partial charge in [0.15, 0.2) is 0 Å². The number of hydrogen-bond donors (Lipinski definition) is 1. The number of Topliss-reactive ketones (excluding diaryl/α,β-unsaturated/α-hetero) is 1. The number of amides is 1. The highest BCUT2D eigenvalue weighted by atomic mass is 19.4. The van der Waals surface area contributed by atoms with Crippen LogP contribution in [-0.2, 0) is 15.0 Å². The minimum atomic E-state index is -4.96. The van der Waals surface area contributed by atoms with Crippen molar-refractivity contribution in [2.24, 2.45) is 0 Å². The van der Waals surface area contributed by atoms with E-state index in [1.807, 2.05) is 26.8 Å². The molecule has 1 saturated heterocycles. The minimum Gasteiger partial charge on any atom is -0.507 e. The van der Waals surface area contributed by atoms with Gasteiger partial charge in [-0.15, -0.1) is 13.2 Å². The van der Waals surface area contributed by atoms with Crippen LogP contribution in [0.2, 0.25) is 0 Å². The number of methoxy groups -OCH3 is 1. The highest BCUT2D eigenvalue weighted by Crippen LogP contribution is 2.45. The molecule has 0 bridgehead atoms. The normalized spacial score (nSPS) is 17.7. The standard InChI is InChI=1S/C28H26F3NO6/c1-15-9-11-21(37-15)23-22(24(33)19-13-16(27(2,3)4)10-12-20(19)36-5)25(34)26(35)32(23)17-7-6-8-18(14-17)38-28(29,30)31/h6-14,23,33H,1-5H3/b24-22+. The maximum atomic E-state index is 13.4. The van der Waals surface area contributed by atoms with Crippen LogP contribution in [0.4, 0.5) is 18.9 Å². The first-order valence-corrected chi connectivity index (χ1v) is 11.6. The van der Waals surface area contributed by atoms with E-state index in [1.54, 1.807) is 25.1 Å². The minimum absolute atomic E-state index is 0.0534. The van der Waals surface area contributed by atoms with Crippen molar-refractivity contribution >= 4 is 23.1 Å². The van der Waals surface area contributed by atoms with Crippen LogP contribution >= 0.6 is 0 Å². The summed E-state index contributed by atoms with van der Waals surface area (Å²) in [6.07, 6.45) is -4.96. The van der Waals surface area contributed by atoms with Crippen LogP contribution in [0, 0.1) is 6.92 Å². The highest BCUT2D eigenvalue weighted by molar-refractivity contribution is 6.51. The molecule has 0 radical (unpaired) electrons. The molecule has 2 heterocycles. The molecule has 3 aromatic rings. The number of nitrogens with zero attached hydrogens (tertiary/aromatic N) is 1. The summed E-state index contributed by atoms with van der Waals surface area (Å²) >= 11 is 0. The number of furan rings is 1. The molecule has 1 N–H and O–H groups in total. The van der Waals surface area contributed by atoms with Crippen molar-refractivity contribution in [2.75, 3.05) is 12.0 Å². The molecule has 7 nitrogen and oxygen atoms in total. The van der Waals surface area contributed by atoms with Crippen LogP contribution < -0.4 is 14.4 Å². The van der Waals surface area contributed by atoms with E-state index in [-0.39, 0.29) is 33.7 Å². The SMILES string of the molecule is COc1ccc(C(C)(C)C)cc1/C(O)=C1\C(=O)C(=O)N(c2cccc(OC(F)(F)F)c2)C1c1ccc(C)o1. The predicted octanol–water partition coefficient (Wildman–Crippen LogP) is 6.42. The zero-order valence-corrected chi connectivity index (χ0v) is 21.3. The summed E-state index contributed by atoms with van der Waals surface area (Å²) in [6, 6.07) is 11.7. The number of halogens is 3. The van der Waals surface area contributed by atoms with E-state index in [0.29, 0.717) is 5.76 Å². The van der Waals surface area contributed by atoms with Gasteiger partial charge in [-0.2, -0.15) is 0 Å². The van der Waals surface area contributed by atoms with E-state index in [4.69, 9.17) is 9.15 Å². The first-order chi connectivity index (χ1) is 17.7. The number of aliphatic hydroxyl groups excluding tert-OH is 1. The predicted molar refractivity (Wildman–Crippen MR) is 133 cm³/mol. The van der Waals surface area contributed by atoms with Gasteiger partial charge in [-0.05, 0) is 54.3 Å². The lowest BCUT2D eigenvalue weighted by Gasteiger charge is -2.24. The lowest BCUT2D eigenvalue weighted by atomic mass is 9.85. The van der Waals surface area contributed by atoms with Crippen molar-refractivity contribution in [1.82, 2.24) is 0 Å². The number of aryl methyl sites for hydroxylation is 1. The first kappa shape index (κ1) is 26.8. The van der Waals surface area contributed by atoms with Crippen molar-refractivity contribution < 1.29 is 41.8 Å². The highest BCUT2D eigenvalue weighted by Gasteiger charge is 2.49. The summed E-state index contributed by atoms with van der Waals surface area (Å²) < 4.78 is 53.7. The van der Waals surface area contributed by atoms with Crippen LogP contribution in [0.1, 0.15) is 49.5 Å². The molecule has 1 aliphatic heterocycles. The van der Waals surface area contributed by atoms with E-state index in [9.17, 15) is 27.9 Å². The van der Waals surface area contributed by atoms with Crippen molar-refractivity contribution in [3.8, 4) is 11.5 Å². The molecule has 0 aliphatic carbocycles. The smallest absolute Gasteiger partial charge is 0.507 e. The molecule has 1 aromatic heterocycles. The summed E-state index contributed by atoms with van der Waals surface area (Å²) in [6.45, 7) is 7.57. The molecule has 1 aliphatic rings. The number of rotatable bonds is 5. The molecule has 0 saturated carbocycles. The van der Waals surface area contributed by atoms with Crippen LogP contribution in [0.5, 0.6) is 11.5 Å². The molecule has 4 rings (SSSR count). The average molecular weight is 530 g/mol. The van der Waals surface area contributed by atoms with Crippen molar-refractivity contribution in [2.45, 2.75) is 45.5 Å². The molecule has 0 spiro atoms. The second-order valence-electron chi connectivity index (χ2n) is 9.83. The monoisotopic (exact) mass is 529 g/mol. The third kappa shape index (κ3) is 5.11. The third-order valence-corrected chi connectivity index (χ3v) is 6.13. The fourth-order valence-electron chi connectivity index (χ4n) is 4.30. The average Bonchev–Trinajstić information content (AvgIpc) is 3.37. The van der Waals surface area contributed by atoms with Gasteiger partial charge in [0, 0.05) is 11.8 Å². The number of benzene rings is 2. The van der Waals surface area contributed by atoms with Crippen LogP contribution in [0.25, 0.3) is 5.76 Å². The number of ether oxygens (including phenoxy) is 2. The van der Waals surface area contributed by atoms with Crippen molar-refractivity contribution in [3.05, 3.63) is 82.8 Å². The Morgan fingerprint density at radius 3 is 2.32 bits per heavy atom. The maximum Gasteiger partial charge on any atom is 0.573 e. The van der Waals surface area contributed by atoms with Crippen LogP contribution in [0.15, 0.2) is 64.6 Å². The van der Waals surface area contributed by atoms with Crippen LogP contribution in [0.3, 0.4) is 0 Å². The Morgan fingerprint density at radius 1 is 1.03 bits per heavy atom. The Labute approximate surface area is 217 Å². The van der Waals surface area contributed by atoms with Gasteiger partial charge in [-0.25, -0.2) is 0 Å². The number of alkyl halides is 3. The number of aliphatic hydroxyl groups is 1. The molecule has 10 heteroatoms. The molecule has 1 unspecified atom stereocenters. The van der Waals surface area contributed by atoms with Gasteiger partial charge >= 0.3 is 6.36 Å². The lowest BCUT2D eigenvalue weighted by Crippen LogP contribution is -2.29. The zero-order valence-electron chi connectivity index (χ0n) is 21.3. The Morgan fingerprint density at radius 2 is 1.74 bits per heavy atom. The Balaban J connectivity index is 1.94. The van der Waals surface area contributed by atoms with Gasteiger partial charge in [-0.1, -0.05) is 32.9 Å². The summed E-state index contributed by atoms with van der Waals surface area (Å²) in [4.78, 5) is 27.7. The summed E-state index contributed by atoms with van der Waals surface area (Å²) in [5.41, 5.74) is 0.347. The summed E-state index contributed by atoms with van der Waals surface area (Å²) in [5.74, 6) is -2.31. The van der Waals surface area contributed by atoms with Gasteiger partial charge in [0.2, 0.25) is 0 Å². The number of ketones is 1. The quantitative estimate of drug-likeness (QED) is 0.233.